The lowest BCUT2D eigenvalue weighted by molar-refractivity contribution is 0.298. The fourth-order valence-corrected chi connectivity index (χ4v) is 4.40. The molecule has 0 radical (unpaired) electrons. The van der Waals surface area contributed by atoms with Gasteiger partial charge in [0.15, 0.2) is 0 Å². The van der Waals surface area contributed by atoms with Crippen LogP contribution in [0.3, 0.4) is 0 Å². The second-order valence-electron chi connectivity index (χ2n) is 5.47. The van der Waals surface area contributed by atoms with Gasteiger partial charge in [-0.3, -0.25) is 0 Å². The zero-order valence-corrected chi connectivity index (χ0v) is 11.7. The zero-order valence-electron chi connectivity index (χ0n) is 10.1. The van der Waals surface area contributed by atoms with Crippen LogP contribution in [0.4, 0.5) is 0 Å². The highest BCUT2D eigenvalue weighted by Gasteiger charge is 2.30. The third-order valence-electron chi connectivity index (χ3n) is 4.14. The smallest absolute Gasteiger partial charge is 0.0547 e. The second-order valence-corrected chi connectivity index (χ2v) is 6.82. The fourth-order valence-electron chi connectivity index (χ4n) is 2.97. The van der Waals surface area contributed by atoms with E-state index in [9.17, 15) is 0 Å². The van der Waals surface area contributed by atoms with Crippen LogP contribution in [0.1, 0.15) is 49.3 Å². The molecule has 2 aliphatic carbocycles. The Morgan fingerprint density at radius 3 is 2.76 bits per heavy atom. The minimum absolute atomic E-state index is 0.711. The molecule has 3 heteroatoms. The molecule has 2 fully saturated rings. The van der Waals surface area contributed by atoms with Gasteiger partial charge in [0.1, 0.15) is 0 Å². The molecule has 2 unspecified atom stereocenters. The number of rotatable bonds is 4. The molecule has 0 aliphatic heterocycles. The minimum Gasteiger partial charge on any atom is -0.314 e. The van der Waals surface area contributed by atoms with Gasteiger partial charge in [-0.25, -0.2) is 0 Å². The summed E-state index contributed by atoms with van der Waals surface area (Å²) in [5.74, 6) is 1.52. The SMILES string of the molecule is Clc1ccsc1C1CCCCC1CNC1CC1. The van der Waals surface area contributed by atoms with Crippen LogP contribution in [0.2, 0.25) is 5.02 Å². The quantitative estimate of drug-likeness (QED) is 0.853. The van der Waals surface area contributed by atoms with Crippen LogP contribution >= 0.6 is 22.9 Å². The lowest BCUT2D eigenvalue weighted by Gasteiger charge is -2.31. The molecule has 94 valence electrons. The highest BCUT2D eigenvalue weighted by Crippen LogP contribution is 2.42. The van der Waals surface area contributed by atoms with E-state index in [0.29, 0.717) is 5.92 Å². The molecule has 1 nitrogen and oxygen atoms in total. The van der Waals surface area contributed by atoms with Crippen molar-refractivity contribution in [1.29, 1.82) is 0 Å². The number of hydrogen-bond donors (Lipinski definition) is 1. The Bertz CT molecular complexity index is 372. The molecule has 2 saturated carbocycles. The molecule has 1 aromatic heterocycles. The Morgan fingerprint density at radius 2 is 2.06 bits per heavy atom. The molecule has 17 heavy (non-hydrogen) atoms. The maximum absolute atomic E-state index is 6.30. The van der Waals surface area contributed by atoms with Crippen LogP contribution in [0.15, 0.2) is 11.4 Å². The highest BCUT2D eigenvalue weighted by molar-refractivity contribution is 7.10. The molecule has 0 amide bonds. The van der Waals surface area contributed by atoms with Crippen molar-refractivity contribution in [3.63, 3.8) is 0 Å². The molecule has 2 atom stereocenters. The van der Waals surface area contributed by atoms with E-state index in [-0.39, 0.29) is 0 Å². The third-order valence-corrected chi connectivity index (χ3v) is 5.63. The van der Waals surface area contributed by atoms with E-state index in [1.165, 1.54) is 49.9 Å². The standard InChI is InChI=1S/C14H20ClNS/c15-13-7-8-17-14(13)12-4-2-1-3-10(12)9-16-11-5-6-11/h7-8,10-12,16H,1-6,9H2. The second kappa shape index (κ2) is 5.29. The van der Waals surface area contributed by atoms with Crippen molar-refractivity contribution in [3.05, 3.63) is 21.3 Å². The predicted molar refractivity (Wildman–Crippen MR) is 75.1 cm³/mol. The van der Waals surface area contributed by atoms with Crippen LogP contribution < -0.4 is 5.32 Å². The molecule has 2 aliphatic rings. The van der Waals surface area contributed by atoms with Gasteiger partial charge in [-0.2, -0.15) is 0 Å². The normalized spacial score (nSPS) is 29.5. The Morgan fingerprint density at radius 1 is 1.24 bits per heavy atom. The number of hydrogen-bond acceptors (Lipinski definition) is 2. The van der Waals surface area contributed by atoms with Gasteiger partial charge in [-0.15, -0.1) is 11.3 Å². The summed E-state index contributed by atoms with van der Waals surface area (Å²) in [6.07, 6.45) is 8.25. The molecule has 0 bridgehead atoms. The topological polar surface area (TPSA) is 12.0 Å². The van der Waals surface area contributed by atoms with E-state index in [0.717, 1.165) is 17.0 Å². The van der Waals surface area contributed by atoms with E-state index in [4.69, 9.17) is 11.6 Å². The van der Waals surface area contributed by atoms with Gasteiger partial charge in [0.2, 0.25) is 0 Å². The molecule has 3 rings (SSSR count). The van der Waals surface area contributed by atoms with Crippen LogP contribution in [0, 0.1) is 5.92 Å². The van der Waals surface area contributed by atoms with Gasteiger partial charge in [0.05, 0.1) is 5.02 Å². The summed E-state index contributed by atoms with van der Waals surface area (Å²) in [4.78, 5) is 1.44. The number of halogens is 1. The minimum atomic E-state index is 0.711. The predicted octanol–water partition coefficient (Wildman–Crippen LogP) is 4.43. The molecular formula is C14H20ClNS. The fraction of sp³-hybridized carbons (Fsp3) is 0.714. The zero-order chi connectivity index (χ0) is 11.7. The Balaban J connectivity index is 1.68. The van der Waals surface area contributed by atoms with Gasteiger partial charge >= 0.3 is 0 Å². The summed E-state index contributed by atoms with van der Waals surface area (Å²) < 4.78 is 0. The summed E-state index contributed by atoms with van der Waals surface area (Å²) in [5, 5.41) is 6.83. The van der Waals surface area contributed by atoms with Crippen molar-refractivity contribution >= 4 is 22.9 Å². The lowest BCUT2D eigenvalue weighted by atomic mass is 9.78. The number of thiophene rings is 1. The van der Waals surface area contributed by atoms with Gasteiger partial charge < -0.3 is 5.32 Å². The Kier molecular flexibility index (Phi) is 3.74. The van der Waals surface area contributed by atoms with Crippen molar-refractivity contribution in [1.82, 2.24) is 5.32 Å². The molecular weight excluding hydrogens is 250 g/mol. The van der Waals surface area contributed by atoms with Crippen LogP contribution in [0.5, 0.6) is 0 Å². The molecule has 0 aromatic carbocycles. The first-order valence-corrected chi connectivity index (χ1v) is 8.06. The number of nitrogens with one attached hydrogen (secondary N) is 1. The maximum atomic E-state index is 6.30. The Labute approximate surface area is 113 Å². The van der Waals surface area contributed by atoms with Crippen LogP contribution in [0.25, 0.3) is 0 Å². The third kappa shape index (κ3) is 2.86. The summed E-state index contributed by atoms with van der Waals surface area (Å²) in [5.41, 5.74) is 0. The highest BCUT2D eigenvalue weighted by atomic mass is 35.5. The first kappa shape index (κ1) is 12.0. The molecule has 1 N–H and O–H groups in total. The van der Waals surface area contributed by atoms with Gasteiger partial charge in [-0.1, -0.05) is 24.4 Å². The Hall–Kier alpha value is -0.0500. The van der Waals surface area contributed by atoms with Crippen molar-refractivity contribution < 1.29 is 0 Å². The lowest BCUT2D eigenvalue weighted by Crippen LogP contribution is -2.30. The largest absolute Gasteiger partial charge is 0.314 e. The van der Waals surface area contributed by atoms with E-state index >= 15 is 0 Å². The van der Waals surface area contributed by atoms with Crippen LogP contribution in [-0.2, 0) is 0 Å². The summed E-state index contributed by atoms with van der Waals surface area (Å²) in [6, 6.07) is 2.89. The van der Waals surface area contributed by atoms with Crippen molar-refractivity contribution in [3.8, 4) is 0 Å². The summed E-state index contributed by atoms with van der Waals surface area (Å²) in [6.45, 7) is 1.20. The van der Waals surface area contributed by atoms with Gasteiger partial charge in [0, 0.05) is 10.9 Å². The summed E-state index contributed by atoms with van der Waals surface area (Å²) >= 11 is 8.15. The van der Waals surface area contributed by atoms with E-state index in [1.807, 2.05) is 11.3 Å². The van der Waals surface area contributed by atoms with Crippen molar-refractivity contribution in [2.45, 2.75) is 50.5 Å². The molecule has 0 spiro atoms. The molecule has 0 saturated heterocycles. The van der Waals surface area contributed by atoms with Crippen molar-refractivity contribution in [2.75, 3.05) is 6.54 Å². The maximum Gasteiger partial charge on any atom is 0.0547 e. The van der Waals surface area contributed by atoms with E-state index < -0.39 is 0 Å². The van der Waals surface area contributed by atoms with Crippen LogP contribution in [-0.4, -0.2) is 12.6 Å². The first-order chi connectivity index (χ1) is 8.34. The van der Waals surface area contributed by atoms with E-state index in [2.05, 4.69) is 16.8 Å². The monoisotopic (exact) mass is 269 g/mol. The average molecular weight is 270 g/mol. The van der Waals surface area contributed by atoms with Gasteiger partial charge in [0.25, 0.3) is 0 Å². The average Bonchev–Trinajstić information content (AvgIpc) is 3.09. The van der Waals surface area contributed by atoms with Gasteiger partial charge in [-0.05, 0) is 55.5 Å². The van der Waals surface area contributed by atoms with Crippen molar-refractivity contribution in [2.24, 2.45) is 5.92 Å². The molecule has 1 aromatic rings. The summed E-state index contributed by atoms with van der Waals surface area (Å²) in [7, 11) is 0. The van der Waals surface area contributed by atoms with E-state index in [1.54, 1.807) is 0 Å². The first-order valence-electron chi connectivity index (χ1n) is 6.81. The molecule has 1 heterocycles.